The third kappa shape index (κ3) is 5.36. The standard InChI is InChI=1S/C18H20N2O4S/c1-4-11-24-15-8-5-7-14(12-15)19-18(21)16-9-6-10-17(13(16)2)20-25(3,22)23/h4-10,12,20H,1,11H2,2-3H3,(H,19,21). The number of nitrogens with one attached hydrogen (secondary N) is 2. The fourth-order valence-electron chi connectivity index (χ4n) is 2.21. The summed E-state index contributed by atoms with van der Waals surface area (Å²) in [7, 11) is -3.42. The van der Waals surface area contributed by atoms with Gasteiger partial charge in [-0.25, -0.2) is 8.42 Å². The fourth-order valence-corrected chi connectivity index (χ4v) is 2.83. The highest BCUT2D eigenvalue weighted by atomic mass is 32.2. The molecule has 2 aromatic carbocycles. The average Bonchev–Trinajstić information content (AvgIpc) is 2.54. The molecule has 0 bridgehead atoms. The molecule has 6 nitrogen and oxygen atoms in total. The molecule has 0 aliphatic heterocycles. The molecule has 0 heterocycles. The lowest BCUT2D eigenvalue weighted by Crippen LogP contribution is -2.16. The molecule has 0 unspecified atom stereocenters. The quantitative estimate of drug-likeness (QED) is 0.743. The minimum absolute atomic E-state index is 0.337. The monoisotopic (exact) mass is 360 g/mol. The van der Waals surface area contributed by atoms with Gasteiger partial charge in [0.15, 0.2) is 0 Å². The second kappa shape index (κ2) is 7.85. The van der Waals surface area contributed by atoms with E-state index < -0.39 is 10.0 Å². The zero-order chi connectivity index (χ0) is 18.4. The molecule has 0 fully saturated rings. The van der Waals surface area contributed by atoms with E-state index in [9.17, 15) is 13.2 Å². The van der Waals surface area contributed by atoms with Crippen LogP contribution in [-0.4, -0.2) is 27.2 Å². The number of benzene rings is 2. The van der Waals surface area contributed by atoms with E-state index in [0.717, 1.165) is 6.26 Å². The molecule has 7 heteroatoms. The molecule has 0 saturated heterocycles. The zero-order valence-electron chi connectivity index (χ0n) is 14.1. The highest BCUT2D eigenvalue weighted by Gasteiger charge is 2.14. The van der Waals surface area contributed by atoms with E-state index in [2.05, 4.69) is 16.6 Å². The van der Waals surface area contributed by atoms with E-state index in [4.69, 9.17) is 4.74 Å². The van der Waals surface area contributed by atoms with Gasteiger partial charge in [-0.2, -0.15) is 0 Å². The summed E-state index contributed by atoms with van der Waals surface area (Å²) in [4.78, 5) is 12.5. The molecule has 0 spiro atoms. The van der Waals surface area contributed by atoms with Crippen molar-refractivity contribution in [2.24, 2.45) is 0 Å². The molecule has 0 radical (unpaired) electrons. The summed E-state index contributed by atoms with van der Waals surface area (Å²) in [6.07, 6.45) is 2.70. The summed E-state index contributed by atoms with van der Waals surface area (Å²) < 4.78 is 30.7. The maximum absolute atomic E-state index is 12.5. The minimum atomic E-state index is -3.42. The number of hydrogen-bond acceptors (Lipinski definition) is 4. The topological polar surface area (TPSA) is 84.5 Å². The Morgan fingerprint density at radius 1 is 1.24 bits per heavy atom. The Hall–Kier alpha value is -2.80. The smallest absolute Gasteiger partial charge is 0.256 e. The van der Waals surface area contributed by atoms with Crippen LogP contribution in [0.2, 0.25) is 0 Å². The Bertz CT molecular complexity index is 892. The molecule has 0 aromatic heterocycles. The number of ether oxygens (including phenoxy) is 1. The lowest BCUT2D eigenvalue weighted by atomic mass is 10.1. The first kappa shape index (κ1) is 18.5. The number of amides is 1. The predicted octanol–water partition coefficient (Wildman–Crippen LogP) is 3.18. The predicted molar refractivity (Wildman–Crippen MR) is 99.7 cm³/mol. The first-order chi connectivity index (χ1) is 11.8. The van der Waals surface area contributed by atoms with Crippen LogP contribution < -0.4 is 14.8 Å². The van der Waals surface area contributed by atoms with Crippen molar-refractivity contribution < 1.29 is 17.9 Å². The Labute approximate surface area is 147 Å². The number of rotatable bonds is 7. The van der Waals surface area contributed by atoms with Crippen molar-refractivity contribution in [3.8, 4) is 5.75 Å². The van der Waals surface area contributed by atoms with Gasteiger partial charge in [0.1, 0.15) is 12.4 Å². The van der Waals surface area contributed by atoms with Crippen molar-refractivity contribution in [1.82, 2.24) is 0 Å². The Morgan fingerprint density at radius 2 is 1.96 bits per heavy atom. The van der Waals surface area contributed by atoms with Gasteiger partial charge in [0.2, 0.25) is 10.0 Å². The van der Waals surface area contributed by atoms with Crippen molar-refractivity contribution >= 4 is 27.3 Å². The first-order valence-corrected chi connectivity index (χ1v) is 9.42. The summed E-state index contributed by atoms with van der Waals surface area (Å²) in [6, 6.07) is 11.9. The third-order valence-corrected chi connectivity index (χ3v) is 3.92. The SMILES string of the molecule is C=CCOc1cccc(NC(=O)c2cccc(NS(C)(=O)=O)c2C)c1. The lowest BCUT2D eigenvalue weighted by molar-refractivity contribution is 0.102. The largest absolute Gasteiger partial charge is 0.489 e. The summed E-state index contributed by atoms with van der Waals surface area (Å²) in [6.45, 7) is 5.64. The van der Waals surface area contributed by atoms with Crippen LogP contribution in [0.5, 0.6) is 5.75 Å². The first-order valence-electron chi connectivity index (χ1n) is 7.52. The van der Waals surface area contributed by atoms with Gasteiger partial charge in [-0.15, -0.1) is 0 Å². The Morgan fingerprint density at radius 3 is 2.64 bits per heavy atom. The molecule has 132 valence electrons. The Kier molecular flexibility index (Phi) is 5.82. The number of carbonyl (C=O) groups excluding carboxylic acids is 1. The van der Waals surface area contributed by atoms with Crippen molar-refractivity contribution in [2.45, 2.75) is 6.92 Å². The summed E-state index contributed by atoms with van der Waals surface area (Å²) >= 11 is 0. The van der Waals surface area contributed by atoms with Crippen molar-refractivity contribution in [2.75, 3.05) is 22.9 Å². The van der Waals surface area contributed by atoms with Gasteiger partial charge in [0.25, 0.3) is 5.91 Å². The fraction of sp³-hybridized carbons (Fsp3) is 0.167. The van der Waals surface area contributed by atoms with E-state index in [-0.39, 0.29) is 5.91 Å². The van der Waals surface area contributed by atoms with Gasteiger partial charge >= 0.3 is 0 Å². The van der Waals surface area contributed by atoms with E-state index in [1.54, 1.807) is 55.5 Å². The van der Waals surface area contributed by atoms with E-state index in [0.29, 0.717) is 34.9 Å². The summed E-state index contributed by atoms with van der Waals surface area (Å²) in [5.74, 6) is 0.275. The highest BCUT2D eigenvalue weighted by molar-refractivity contribution is 7.92. The average molecular weight is 360 g/mol. The van der Waals surface area contributed by atoms with E-state index in [1.807, 2.05) is 0 Å². The number of carbonyl (C=O) groups is 1. The number of sulfonamides is 1. The minimum Gasteiger partial charge on any atom is -0.489 e. The van der Waals surface area contributed by atoms with Gasteiger partial charge in [-0.05, 0) is 36.8 Å². The van der Waals surface area contributed by atoms with Crippen LogP contribution in [0.15, 0.2) is 55.1 Å². The normalized spacial score (nSPS) is 10.8. The van der Waals surface area contributed by atoms with Crippen LogP contribution in [0.4, 0.5) is 11.4 Å². The lowest BCUT2D eigenvalue weighted by Gasteiger charge is -2.13. The zero-order valence-corrected chi connectivity index (χ0v) is 14.9. The molecule has 0 aliphatic carbocycles. The van der Waals surface area contributed by atoms with Crippen LogP contribution in [-0.2, 0) is 10.0 Å². The second-order valence-electron chi connectivity index (χ2n) is 5.43. The maximum Gasteiger partial charge on any atom is 0.256 e. The van der Waals surface area contributed by atoms with E-state index >= 15 is 0 Å². The van der Waals surface area contributed by atoms with Gasteiger partial charge in [0.05, 0.1) is 11.9 Å². The van der Waals surface area contributed by atoms with Gasteiger partial charge in [-0.3, -0.25) is 9.52 Å². The van der Waals surface area contributed by atoms with Crippen molar-refractivity contribution in [1.29, 1.82) is 0 Å². The van der Waals surface area contributed by atoms with Crippen LogP contribution in [0.25, 0.3) is 0 Å². The molecule has 0 atom stereocenters. The van der Waals surface area contributed by atoms with E-state index in [1.165, 1.54) is 0 Å². The van der Waals surface area contributed by atoms with Crippen LogP contribution >= 0.6 is 0 Å². The molecule has 25 heavy (non-hydrogen) atoms. The second-order valence-corrected chi connectivity index (χ2v) is 7.18. The van der Waals surface area contributed by atoms with Gasteiger partial charge in [0, 0.05) is 17.3 Å². The van der Waals surface area contributed by atoms with Crippen molar-refractivity contribution in [3.63, 3.8) is 0 Å². The van der Waals surface area contributed by atoms with Crippen LogP contribution in [0.3, 0.4) is 0 Å². The van der Waals surface area contributed by atoms with Gasteiger partial charge in [-0.1, -0.05) is 24.8 Å². The van der Waals surface area contributed by atoms with Gasteiger partial charge < -0.3 is 10.1 Å². The summed E-state index contributed by atoms with van der Waals surface area (Å²) in [5.41, 5.74) is 1.88. The maximum atomic E-state index is 12.5. The number of hydrogen-bond donors (Lipinski definition) is 2. The van der Waals surface area contributed by atoms with Crippen molar-refractivity contribution in [3.05, 3.63) is 66.2 Å². The summed E-state index contributed by atoms with van der Waals surface area (Å²) in [5, 5.41) is 2.78. The molecule has 2 N–H and O–H groups in total. The molecule has 2 aromatic rings. The van der Waals surface area contributed by atoms with Crippen LogP contribution in [0.1, 0.15) is 15.9 Å². The third-order valence-electron chi connectivity index (χ3n) is 3.33. The van der Waals surface area contributed by atoms with Crippen LogP contribution in [0, 0.1) is 6.92 Å². The Balaban J connectivity index is 2.21. The number of anilines is 2. The molecule has 0 aliphatic rings. The molecule has 1 amide bonds. The molecule has 0 saturated carbocycles. The molecule has 2 rings (SSSR count). The molecular weight excluding hydrogens is 340 g/mol. The molecular formula is C18H20N2O4S. The highest BCUT2D eigenvalue weighted by Crippen LogP contribution is 2.22.